The largest absolute Gasteiger partial charge is 0.348 e. The van der Waals surface area contributed by atoms with E-state index in [-0.39, 0.29) is 28.1 Å². The Morgan fingerprint density at radius 1 is 1.10 bits per heavy atom. The van der Waals surface area contributed by atoms with Crippen molar-refractivity contribution in [2.75, 3.05) is 24.7 Å². The lowest BCUT2D eigenvalue weighted by atomic mass is 10.1. The Bertz CT molecular complexity index is 1030. The normalized spacial score (nSPS) is 13.9. The van der Waals surface area contributed by atoms with Gasteiger partial charge in [-0.2, -0.15) is 0 Å². The lowest BCUT2D eigenvalue weighted by Crippen LogP contribution is -2.32. The molecule has 1 aliphatic rings. The second kappa shape index (κ2) is 8.84. The van der Waals surface area contributed by atoms with E-state index in [0.29, 0.717) is 5.69 Å². The summed E-state index contributed by atoms with van der Waals surface area (Å²) in [6, 6.07) is 11.2. The van der Waals surface area contributed by atoms with Crippen LogP contribution in [0.1, 0.15) is 28.8 Å². The molecule has 3 amide bonds. The summed E-state index contributed by atoms with van der Waals surface area (Å²) in [5.41, 5.74) is 1.66. The zero-order valence-corrected chi connectivity index (χ0v) is 17.5. The molecule has 0 aromatic heterocycles. The van der Waals surface area contributed by atoms with E-state index in [9.17, 15) is 18.0 Å². The van der Waals surface area contributed by atoms with Gasteiger partial charge >= 0.3 is 6.03 Å². The van der Waals surface area contributed by atoms with E-state index in [2.05, 4.69) is 10.6 Å². The lowest BCUT2D eigenvalue weighted by molar-refractivity contribution is 0.0950. The van der Waals surface area contributed by atoms with E-state index < -0.39 is 15.7 Å². The zero-order chi connectivity index (χ0) is 21.0. The fourth-order valence-electron chi connectivity index (χ4n) is 3.09. The van der Waals surface area contributed by atoms with Gasteiger partial charge in [0.1, 0.15) is 0 Å². The average Bonchev–Trinajstić information content (AvgIpc) is 3.21. The maximum atomic E-state index is 12.4. The minimum Gasteiger partial charge on any atom is -0.348 e. The molecule has 1 heterocycles. The van der Waals surface area contributed by atoms with E-state index in [4.69, 9.17) is 11.6 Å². The topological polar surface area (TPSA) is 95.6 Å². The predicted octanol–water partition coefficient (Wildman–Crippen LogP) is 3.30. The quantitative estimate of drug-likeness (QED) is 0.753. The fourth-order valence-corrected chi connectivity index (χ4v) is 4.40. The Morgan fingerprint density at radius 2 is 1.83 bits per heavy atom. The van der Waals surface area contributed by atoms with Crippen molar-refractivity contribution in [3.8, 4) is 0 Å². The number of carbonyl (C=O) groups is 2. The second-order valence-corrected chi connectivity index (χ2v) is 9.32. The standard InChI is InChI=1S/C20H22ClN3O4S/c1-29(27,28)18-12-15(7-8-17(18)21)19(25)22-13-14-5-4-6-16(11-14)23-20(26)24-9-2-3-10-24/h4-8,11-12H,2-3,9-10,13H2,1H3,(H,22,25)(H,23,26). The molecular weight excluding hydrogens is 414 g/mol. The van der Waals surface area contributed by atoms with Crippen LogP contribution in [-0.4, -0.2) is 44.6 Å². The van der Waals surface area contributed by atoms with Gasteiger partial charge in [0, 0.05) is 37.1 Å². The van der Waals surface area contributed by atoms with E-state index in [1.165, 1.54) is 18.2 Å². The van der Waals surface area contributed by atoms with Crippen LogP contribution in [0, 0.1) is 0 Å². The molecule has 2 N–H and O–H groups in total. The summed E-state index contributed by atoms with van der Waals surface area (Å²) in [4.78, 5) is 26.3. The summed E-state index contributed by atoms with van der Waals surface area (Å²) in [7, 11) is -3.54. The van der Waals surface area contributed by atoms with E-state index in [0.717, 1.165) is 37.8 Å². The molecule has 3 rings (SSSR count). The maximum absolute atomic E-state index is 12.4. The van der Waals surface area contributed by atoms with Crippen LogP contribution < -0.4 is 10.6 Å². The van der Waals surface area contributed by atoms with Crippen LogP contribution in [0.4, 0.5) is 10.5 Å². The zero-order valence-electron chi connectivity index (χ0n) is 15.9. The highest BCUT2D eigenvalue weighted by molar-refractivity contribution is 7.90. The Kier molecular flexibility index (Phi) is 6.44. The third-order valence-electron chi connectivity index (χ3n) is 4.62. The highest BCUT2D eigenvalue weighted by Crippen LogP contribution is 2.22. The first-order chi connectivity index (χ1) is 13.7. The van der Waals surface area contributed by atoms with Crippen LogP contribution in [0.25, 0.3) is 0 Å². The molecule has 2 aromatic rings. The fraction of sp³-hybridized carbons (Fsp3) is 0.300. The number of benzene rings is 2. The molecule has 0 aliphatic carbocycles. The molecule has 1 fully saturated rings. The predicted molar refractivity (Wildman–Crippen MR) is 112 cm³/mol. The van der Waals surface area contributed by atoms with Crippen LogP contribution in [0.5, 0.6) is 0 Å². The highest BCUT2D eigenvalue weighted by atomic mass is 35.5. The number of rotatable bonds is 5. The number of sulfone groups is 1. The first kappa shape index (κ1) is 21.1. The summed E-state index contributed by atoms with van der Waals surface area (Å²) in [5.74, 6) is -0.418. The van der Waals surface area contributed by atoms with Crippen molar-refractivity contribution in [2.24, 2.45) is 0 Å². The van der Waals surface area contributed by atoms with Crippen molar-refractivity contribution >= 4 is 39.1 Å². The Hall–Kier alpha value is -2.58. The molecule has 0 atom stereocenters. The second-order valence-electron chi connectivity index (χ2n) is 6.92. The number of nitrogens with zero attached hydrogens (tertiary/aromatic N) is 1. The molecule has 29 heavy (non-hydrogen) atoms. The molecule has 0 radical (unpaired) electrons. The number of likely N-dealkylation sites (tertiary alicyclic amines) is 1. The van der Waals surface area contributed by atoms with Crippen LogP contribution in [0.15, 0.2) is 47.4 Å². The van der Waals surface area contributed by atoms with Crippen LogP contribution in [0.2, 0.25) is 5.02 Å². The molecule has 0 unspecified atom stereocenters. The molecule has 0 bridgehead atoms. The highest BCUT2D eigenvalue weighted by Gasteiger charge is 2.18. The summed E-state index contributed by atoms with van der Waals surface area (Å²) in [6.07, 6.45) is 3.08. The van der Waals surface area contributed by atoms with Crippen molar-refractivity contribution < 1.29 is 18.0 Å². The van der Waals surface area contributed by atoms with E-state index in [1.807, 2.05) is 6.07 Å². The Labute approximate surface area is 175 Å². The number of hydrogen-bond donors (Lipinski definition) is 2. The van der Waals surface area contributed by atoms with Crippen molar-refractivity contribution in [1.29, 1.82) is 0 Å². The number of carbonyl (C=O) groups excluding carboxylic acids is 2. The third-order valence-corrected chi connectivity index (χ3v) is 6.20. The molecule has 0 saturated carbocycles. The Balaban J connectivity index is 1.64. The van der Waals surface area contributed by atoms with Gasteiger partial charge in [0.15, 0.2) is 9.84 Å². The number of hydrogen-bond acceptors (Lipinski definition) is 4. The number of nitrogens with one attached hydrogen (secondary N) is 2. The minimum atomic E-state index is -3.54. The van der Waals surface area contributed by atoms with Gasteiger partial charge in [0.05, 0.1) is 9.92 Å². The molecule has 7 nitrogen and oxygen atoms in total. The van der Waals surface area contributed by atoms with Crippen LogP contribution in [0.3, 0.4) is 0 Å². The van der Waals surface area contributed by atoms with Gasteiger partial charge in [-0.15, -0.1) is 0 Å². The van der Waals surface area contributed by atoms with Crippen molar-refractivity contribution in [2.45, 2.75) is 24.3 Å². The average molecular weight is 436 g/mol. The summed E-state index contributed by atoms with van der Waals surface area (Å²) < 4.78 is 23.5. The Morgan fingerprint density at radius 3 is 2.52 bits per heavy atom. The van der Waals surface area contributed by atoms with Crippen LogP contribution in [-0.2, 0) is 16.4 Å². The third kappa shape index (κ3) is 5.48. The van der Waals surface area contributed by atoms with Gasteiger partial charge in [-0.25, -0.2) is 13.2 Å². The molecule has 2 aromatic carbocycles. The summed E-state index contributed by atoms with van der Waals surface area (Å²) in [5, 5.41) is 5.69. The molecular formula is C20H22ClN3O4S. The van der Waals surface area contributed by atoms with Gasteiger partial charge in [-0.05, 0) is 48.7 Å². The first-order valence-electron chi connectivity index (χ1n) is 9.17. The molecule has 1 aliphatic heterocycles. The molecule has 154 valence electrons. The van der Waals surface area contributed by atoms with E-state index >= 15 is 0 Å². The monoisotopic (exact) mass is 435 g/mol. The van der Waals surface area contributed by atoms with Crippen molar-refractivity contribution in [3.63, 3.8) is 0 Å². The van der Waals surface area contributed by atoms with Gasteiger partial charge in [0.25, 0.3) is 5.91 Å². The van der Waals surface area contributed by atoms with E-state index in [1.54, 1.807) is 23.1 Å². The smallest absolute Gasteiger partial charge is 0.321 e. The van der Waals surface area contributed by atoms with Crippen LogP contribution >= 0.6 is 11.6 Å². The molecule has 1 saturated heterocycles. The molecule has 9 heteroatoms. The lowest BCUT2D eigenvalue weighted by Gasteiger charge is -2.16. The number of halogens is 1. The van der Waals surface area contributed by atoms with Crippen molar-refractivity contribution in [3.05, 3.63) is 58.6 Å². The number of amides is 3. The van der Waals surface area contributed by atoms with Crippen molar-refractivity contribution in [1.82, 2.24) is 10.2 Å². The maximum Gasteiger partial charge on any atom is 0.321 e. The van der Waals surface area contributed by atoms with Gasteiger partial charge < -0.3 is 15.5 Å². The first-order valence-corrected chi connectivity index (χ1v) is 11.4. The minimum absolute atomic E-state index is 0.0745. The SMILES string of the molecule is CS(=O)(=O)c1cc(C(=O)NCc2cccc(NC(=O)N3CCCC3)c2)ccc1Cl. The van der Waals surface area contributed by atoms with Gasteiger partial charge in [-0.3, -0.25) is 4.79 Å². The molecule has 0 spiro atoms. The summed E-state index contributed by atoms with van der Waals surface area (Å²) in [6.45, 7) is 1.75. The summed E-state index contributed by atoms with van der Waals surface area (Å²) >= 11 is 5.92. The van der Waals surface area contributed by atoms with Gasteiger partial charge in [0.2, 0.25) is 0 Å². The van der Waals surface area contributed by atoms with Gasteiger partial charge in [-0.1, -0.05) is 23.7 Å². The number of anilines is 1. The number of urea groups is 1.